The highest BCUT2D eigenvalue weighted by molar-refractivity contribution is 5.74. The molecular weight excluding hydrogens is 248 g/mol. The highest BCUT2D eigenvalue weighted by Gasteiger charge is 2.06. The molecule has 0 saturated carbocycles. The summed E-state index contributed by atoms with van der Waals surface area (Å²) in [6, 6.07) is 6.96. The van der Waals surface area contributed by atoms with Crippen molar-refractivity contribution in [1.82, 2.24) is 0 Å². The van der Waals surface area contributed by atoms with Gasteiger partial charge in [0.05, 0.1) is 6.61 Å². The Hall–Kier alpha value is -2.24. The fraction of sp³-hybridized carbons (Fsp3) is 0.385. The van der Waals surface area contributed by atoms with Crippen molar-refractivity contribution in [3.63, 3.8) is 0 Å². The summed E-state index contributed by atoms with van der Waals surface area (Å²) in [5, 5.41) is 6.24. The third-order valence-corrected chi connectivity index (χ3v) is 2.23. The van der Waals surface area contributed by atoms with Crippen LogP contribution in [0, 0.1) is 6.92 Å². The largest absolute Gasteiger partial charge is 0.458 e. The monoisotopic (exact) mass is 264 g/mol. The van der Waals surface area contributed by atoms with Crippen molar-refractivity contribution < 1.29 is 19.1 Å². The van der Waals surface area contributed by atoms with Gasteiger partial charge in [0.25, 0.3) is 0 Å². The minimum Gasteiger partial charge on any atom is -0.447 e. The lowest BCUT2D eigenvalue weighted by Gasteiger charge is -2.02. The van der Waals surface area contributed by atoms with Gasteiger partial charge in [0, 0.05) is 0 Å². The third-order valence-electron chi connectivity index (χ3n) is 2.23. The van der Waals surface area contributed by atoms with Crippen LogP contribution in [-0.4, -0.2) is 18.8 Å². The number of amides is 2. The first-order valence-electron chi connectivity index (χ1n) is 5.99. The Morgan fingerprint density at radius 3 is 2.53 bits per heavy atom. The first-order valence-corrected chi connectivity index (χ1v) is 5.99. The lowest BCUT2D eigenvalue weighted by atomic mass is 10.2. The average molecular weight is 264 g/mol. The van der Waals surface area contributed by atoms with Gasteiger partial charge < -0.3 is 9.47 Å². The van der Waals surface area contributed by atoms with E-state index in [2.05, 4.69) is 10.2 Å². The molecule has 0 N–H and O–H groups in total. The molecule has 0 aliphatic carbocycles. The lowest BCUT2D eigenvalue weighted by molar-refractivity contribution is 0.152. The number of hydrogen-bond donors (Lipinski definition) is 0. The third kappa shape index (κ3) is 5.76. The number of para-hydroxylation sites is 1. The van der Waals surface area contributed by atoms with Crippen molar-refractivity contribution in [2.75, 3.05) is 6.61 Å². The summed E-state index contributed by atoms with van der Waals surface area (Å²) in [5.41, 5.74) is 0.788. The molecule has 1 aromatic carbocycles. The number of unbranched alkanes of at least 4 members (excludes halogenated alkanes) is 1. The molecule has 0 aliphatic rings. The van der Waals surface area contributed by atoms with Crippen molar-refractivity contribution in [3.8, 4) is 5.75 Å². The van der Waals surface area contributed by atoms with Gasteiger partial charge in [0.15, 0.2) is 0 Å². The van der Waals surface area contributed by atoms with Gasteiger partial charge in [-0.25, -0.2) is 9.59 Å². The molecule has 0 saturated heterocycles. The maximum Gasteiger partial charge on any atom is 0.458 e. The highest BCUT2D eigenvalue weighted by atomic mass is 16.6. The molecule has 0 bridgehead atoms. The van der Waals surface area contributed by atoms with Crippen LogP contribution < -0.4 is 4.74 Å². The summed E-state index contributed by atoms with van der Waals surface area (Å²) in [6.45, 7) is 4.02. The van der Waals surface area contributed by atoms with Gasteiger partial charge in [-0.1, -0.05) is 41.8 Å². The molecule has 1 rings (SSSR count). The van der Waals surface area contributed by atoms with Gasteiger partial charge in [-0.15, -0.1) is 0 Å². The molecule has 1 aromatic rings. The van der Waals surface area contributed by atoms with Crippen LogP contribution in [0.4, 0.5) is 9.59 Å². The summed E-state index contributed by atoms with van der Waals surface area (Å²) in [5.74, 6) is 0.380. The SMILES string of the molecule is CCCCOC(=O)/N=N/C(=O)Oc1ccccc1C. The van der Waals surface area contributed by atoms with E-state index >= 15 is 0 Å². The van der Waals surface area contributed by atoms with Gasteiger partial charge in [0.2, 0.25) is 0 Å². The molecule has 2 amide bonds. The molecule has 6 heteroatoms. The Kier molecular flexibility index (Phi) is 6.21. The van der Waals surface area contributed by atoms with Crippen molar-refractivity contribution in [2.45, 2.75) is 26.7 Å². The fourth-order valence-electron chi connectivity index (χ4n) is 1.20. The number of azo groups is 1. The van der Waals surface area contributed by atoms with Gasteiger partial charge in [0.1, 0.15) is 5.75 Å². The Bertz CT molecular complexity index is 471. The summed E-state index contributed by atoms with van der Waals surface area (Å²) in [7, 11) is 0. The van der Waals surface area contributed by atoms with Gasteiger partial charge in [-0.3, -0.25) is 0 Å². The zero-order valence-corrected chi connectivity index (χ0v) is 11.0. The van der Waals surface area contributed by atoms with E-state index < -0.39 is 12.2 Å². The number of carbonyl (C=O) groups is 2. The van der Waals surface area contributed by atoms with Crippen molar-refractivity contribution >= 4 is 12.2 Å². The highest BCUT2D eigenvalue weighted by Crippen LogP contribution is 2.16. The van der Waals surface area contributed by atoms with Crippen LogP contribution in [-0.2, 0) is 4.74 Å². The fourth-order valence-corrected chi connectivity index (χ4v) is 1.20. The summed E-state index contributed by atoms with van der Waals surface area (Å²) < 4.78 is 9.61. The van der Waals surface area contributed by atoms with Gasteiger partial charge in [-0.05, 0) is 25.0 Å². The van der Waals surface area contributed by atoms with Crippen molar-refractivity contribution in [1.29, 1.82) is 0 Å². The summed E-state index contributed by atoms with van der Waals surface area (Å²) >= 11 is 0. The smallest absolute Gasteiger partial charge is 0.447 e. The molecule has 0 spiro atoms. The summed E-state index contributed by atoms with van der Waals surface area (Å²) in [4.78, 5) is 22.4. The number of hydrogen-bond acceptors (Lipinski definition) is 4. The molecule has 0 aromatic heterocycles. The van der Waals surface area contributed by atoms with Crippen LogP contribution in [0.15, 0.2) is 34.5 Å². The minimum absolute atomic E-state index is 0.265. The molecule has 0 heterocycles. The zero-order chi connectivity index (χ0) is 14.1. The second-order valence-electron chi connectivity index (χ2n) is 3.80. The predicted octanol–water partition coefficient (Wildman–Crippen LogP) is 3.88. The van der Waals surface area contributed by atoms with E-state index in [1.807, 2.05) is 13.0 Å². The standard InChI is InChI=1S/C13H16N2O4/c1-3-4-9-18-12(16)14-15-13(17)19-11-8-6-5-7-10(11)2/h5-8H,3-4,9H2,1-2H3/b15-14+. The quantitative estimate of drug-likeness (QED) is 0.610. The number of aryl methyl sites for hydroxylation is 1. The van der Waals surface area contributed by atoms with Crippen LogP contribution in [0.1, 0.15) is 25.3 Å². The number of ether oxygens (including phenoxy) is 2. The first kappa shape index (κ1) is 14.8. The summed E-state index contributed by atoms with van der Waals surface area (Å²) in [6.07, 6.45) is -0.203. The Labute approximate surface area is 111 Å². The van der Waals surface area contributed by atoms with E-state index in [1.165, 1.54) is 0 Å². The molecule has 0 fully saturated rings. The normalized spacial score (nSPS) is 10.4. The maximum atomic E-state index is 11.3. The van der Waals surface area contributed by atoms with Crippen LogP contribution >= 0.6 is 0 Å². The number of carbonyl (C=O) groups excluding carboxylic acids is 2. The second-order valence-corrected chi connectivity index (χ2v) is 3.80. The average Bonchev–Trinajstić information content (AvgIpc) is 2.39. The van der Waals surface area contributed by atoms with E-state index in [0.717, 1.165) is 18.4 Å². The Balaban J connectivity index is 2.43. The molecule has 102 valence electrons. The van der Waals surface area contributed by atoms with Crippen LogP contribution in [0.3, 0.4) is 0 Å². The molecule has 6 nitrogen and oxygen atoms in total. The van der Waals surface area contributed by atoms with Gasteiger partial charge in [-0.2, -0.15) is 0 Å². The van der Waals surface area contributed by atoms with Gasteiger partial charge >= 0.3 is 12.2 Å². The Morgan fingerprint density at radius 1 is 1.16 bits per heavy atom. The topological polar surface area (TPSA) is 77.3 Å². The molecule has 0 unspecified atom stereocenters. The number of nitrogens with zero attached hydrogens (tertiary/aromatic N) is 2. The van der Waals surface area contributed by atoms with Crippen LogP contribution in [0.2, 0.25) is 0 Å². The molecular formula is C13H16N2O4. The minimum atomic E-state index is -0.957. The van der Waals surface area contributed by atoms with E-state index in [4.69, 9.17) is 9.47 Å². The molecule has 0 radical (unpaired) electrons. The van der Waals surface area contributed by atoms with E-state index in [-0.39, 0.29) is 6.61 Å². The predicted molar refractivity (Wildman–Crippen MR) is 68.3 cm³/mol. The Morgan fingerprint density at radius 2 is 1.84 bits per heavy atom. The van der Waals surface area contributed by atoms with E-state index in [1.54, 1.807) is 25.1 Å². The van der Waals surface area contributed by atoms with Crippen molar-refractivity contribution in [3.05, 3.63) is 29.8 Å². The lowest BCUT2D eigenvalue weighted by Crippen LogP contribution is -2.05. The van der Waals surface area contributed by atoms with E-state index in [0.29, 0.717) is 5.75 Å². The number of rotatable bonds is 4. The van der Waals surface area contributed by atoms with Crippen molar-refractivity contribution in [2.24, 2.45) is 10.2 Å². The molecule has 0 atom stereocenters. The zero-order valence-electron chi connectivity index (χ0n) is 11.0. The van der Waals surface area contributed by atoms with Crippen LogP contribution in [0.25, 0.3) is 0 Å². The van der Waals surface area contributed by atoms with Crippen LogP contribution in [0.5, 0.6) is 5.75 Å². The maximum absolute atomic E-state index is 11.3. The number of benzene rings is 1. The first-order chi connectivity index (χ1) is 9.13. The van der Waals surface area contributed by atoms with E-state index in [9.17, 15) is 9.59 Å². The molecule has 0 aliphatic heterocycles. The second kappa shape index (κ2) is 7.97. The molecule has 19 heavy (non-hydrogen) atoms.